The van der Waals surface area contributed by atoms with Gasteiger partial charge < -0.3 is 5.73 Å². The van der Waals surface area contributed by atoms with Gasteiger partial charge in [0.15, 0.2) is 5.82 Å². The lowest BCUT2D eigenvalue weighted by atomic mass is 9.98. The van der Waals surface area contributed by atoms with Crippen LogP contribution in [0.2, 0.25) is 5.02 Å². The van der Waals surface area contributed by atoms with Crippen molar-refractivity contribution in [3.05, 3.63) is 23.0 Å². The number of sulfonamides is 1. The molecule has 0 aromatic heterocycles. The molecular formula is C14H20ClFN2O2S. The van der Waals surface area contributed by atoms with Crippen molar-refractivity contribution in [3.63, 3.8) is 0 Å². The summed E-state index contributed by atoms with van der Waals surface area (Å²) in [6.45, 7) is 2.92. The molecular weight excluding hydrogens is 315 g/mol. The van der Waals surface area contributed by atoms with E-state index in [1.165, 1.54) is 10.4 Å². The smallest absolute Gasteiger partial charge is 0.246 e. The second-order valence-corrected chi connectivity index (χ2v) is 7.74. The lowest BCUT2D eigenvalue weighted by Gasteiger charge is -2.21. The van der Waals surface area contributed by atoms with Gasteiger partial charge in [0.25, 0.3) is 0 Å². The number of hydrogen-bond donors (Lipinski definition) is 1. The third-order valence-electron chi connectivity index (χ3n) is 4.02. The van der Waals surface area contributed by atoms with Gasteiger partial charge in [0.1, 0.15) is 4.90 Å². The first-order chi connectivity index (χ1) is 9.86. The number of halogens is 2. The van der Waals surface area contributed by atoms with E-state index in [1.54, 1.807) is 0 Å². The van der Waals surface area contributed by atoms with Crippen LogP contribution in [0, 0.1) is 11.7 Å². The number of benzene rings is 1. The standard InChI is InChI=1S/C14H20ClFN2O2S/c1-2-10-4-3-6-18(7-5-10)21(19,20)13-9-11(17)8-12(15)14(13)16/h8-10H,2-7,17H2,1H3. The summed E-state index contributed by atoms with van der Waals surface area (Å²) >= 11 is 5.70. The molecule has 0 bridgehead atoms. The predicted octanol–water partition coefficient (Wildman–Crippen LogP) is 3.26. The number of rotatable bonds is 3. The maximum Gasteiger partial charge on any atom is 0.246 e. The van der Waals surface area contributed by atoms with Gasteiger partial charge in [0, 0.05) is 18.8 Å². The Kier molecular flexibility index (Phi) is 5.11. The van der Waals surface area contributed by atoms with Crippen molar-refractivity contribution >= 4 is 27.3 Å². The fourth-order valence-corrected chi connectivity index (χ4v) is 4.60. The molecule has 7 heteroatoms. The highest BCUT2D eigenvalue weighted by Crippen LogP contribution is 2.30. The van der Waals surface area contributed by atoms with Gasteiger partial charge in [-0.3, -0.25) is 0 Å². The zero-order valence-electron chi connectivity index (χ0n) is 12.0. The monoisotopic (exact) mass is 334 g/mol. The molecule has 1 saturated heterocycles. The molecule has 1 fully saturated rings. The summed E-state index contributed by atoms with van der Waals surface area (Å²) in [5.41, 5.74) is 5.73. The van der Waals surface area contributed by atoms with Crippen molar-refractivity contribution in [1.82, 2.24) is 4.31 Å². The highest BCUT2D eigenvalue weighted by Gasteiger charge is 2.30. The van der Waals surface area contributed by atoms with Crippen LogP contribution < -0.4 is 5.73 Å². The molecule has 2 N–H and O–H groups in total. The zero-order chi connectivity index (χ0) is 15.6. The predicted molar refractivity (Wildman–Crippen MR) is 82.2 cm³/mol. The molecule has 1 aromatic rings. The molecule has 1 aliphatic heterocycles. The van der Waals surface area contributed by atoms with Gasteiger partial charge in [-0.2, -0.15) is 4.31 Å². The number of hydrogen-bond acceptors (Lipinski definition) is 3. The van der Waals surface area contributed by atoms with Crippen molar-refractivity contribution in [2.45, 2.75) is 37.5 Å². The molecule has 0 saturated carbocycles. The van der Waals surface area contributed by atoms with Crippen molar-refractivity contribution in [3.8, 4) is 0 Å². The van der Waals surface area contributed by atoms with Crippen LogP contribution in [0.1, 0.15) is 32.6 Å². The highest BCUT2D eigenvalue weighted by atomic mass is 35.5. The van der Waals surface area contributed by atoms with Crippen LogP contribution in [0.15, 0.2) is 17.0 Å². The first-order valence-electron chi connectivity index (χ1n) is 7.11. The third-order valence-corrected chi connectivity index (χ3v) is 6.19. The van der Waals surface area contributed by atoms with Gasteiger partial charge in [-0.25, -0.2) is 12.8 Å². The summed E-state index contributed by atoms with van der Waals surface area (Å²) in [5.74, 6) is -0.401. The minimum absolute atomic E-state index is 0.140. The van der Waals surface area contributed by atoms with Crippen LogP contribution >= 0.6 is 11.6 Å². The molecule has 2 rings (SSSR count). The maximum atomic E-state index is 14.1. The van der Waals surface area contributed by atoms with Gasteiger partial charge in [0.2, 0.25) is 10.0 Å². The van der Waals surface area contributed by atoms with E-state index in [4.69, 9.17) is 17.3 Å². The van der Waals surface area contributed by atoms with E-state index >= 15 is 0 Å². The number of anilines is 1. The molecule has 0 radical (unpaired) electrons. The minimum atomic E-state index is -3.90. The van der Waals surface area contributed by atoms with Crippen molar-refractivity contribution < 1.29 is 12.8 Å². The molecule has 118 valence electrons. The van der Waals surface area contributed by atoms with Gasteiger partial charge in [0.05, 0.1) is 5.02 Å². The Morgan fingerprint density at radius 1 is 1.38 bits per heavy atom. The summed E-state index contributed by atoms with van der Waals surface area (Å²) < 4.78 is 40.7. The molecule has 1 aromatic carbocycles. The van der Waals surface area contributed by atoms with Crippen LogP contribution in [-0.2, 0) is 10.0 Å². The highest BCUT2D eigenvalue weighted by molar-refractivity contribution is 7.89. The van der Waals surface area contributed by atoms with E-state index in [1.807, 2.05) is 0 Å². The molecule has 4 nitrogen and oxygen atoms in total. The Labute approximate surface area is 130 Å². The zero-order valence-corrected chi connectivity index (χ0v) is 13.6. The average Bonchev–Trinajstić information content (AvgIpc) is 2.68. The molecule has 1 heterocycles. The van der Waals surface area contributed by atoms with Crippen molar-refractivity contribution in [2.75, 3.05) is 18.8 Å². The number of nitrogen functional groups attached to an aromatic ring is 1. The molecule has 21 heavy (non-hydrogen) atoms. The number of nitrogens with zero attached hydrogens (tertiary/aromatic N) is 1. The van der Waals surface area contributed by atoms with E-state index in [2.05, 4.69) is 6.92 Å². The summed E-state index contributed by atoms with van der Waals surface area (Å²) in [7, 11) is -3.90. The lowest BCUT2D eigenvalue weighted by Crippen LogP contribution is -2.32. The van der Waals surface area contributed by atoms with E-state index in [0.717, 1.165) is 31.7 Å². The number of nitrogens with two attached hydrogens (primary N) is 1. The normalized spacial score (nSPS) is 21.2. The van der Waals surface area contributed by atoms with E-state index in [9.17, 15) is 12.8 Å². The van der Waals surface area contributed by atoms with Crippen LogP contribution in [0.3, 0.4) is 0 Å². The first kappa shape index (κ1) is 16.5. The Morgan fingerprint density at radius 2 is 2.10 bits per heavy atom. The van der Waals surface area contributed by atoms with Crippen LogP contribution in [0.4, 0.5) is 10.1 Å². The van der Waals surface area contributed by atoms with Crippen LogP contribution in [-0.4, -0.2) is 25.8 Å². The first-order valence-corrected chi connectivity index (χ1v) is 8.92. The maximum absolute atomic E-state index is 14.1. The molecule has 1 atom stereocenters. The summed E-state index contributed by atoms with van der Waals surface area (Å²) in [6.07, 6.45) is 3.62. The van der Waals surface area contributed by atoms with Crippen molar-refractivity contribution in [1.29, 1.82) is 0 Å². The summed E-state index contributed by atoms with van der Waals surface area (Å²) in [5, 5.41) is -0.269. The Balaban J connectivity index is 2.34. The van der Waals surface area contributed by atoms with E-state index < -0.39 is 20.7 Å². The largest absolute Gasteiger partial charge is 0.399 e. The van der Waals surface area contributed by atoms with E-state index in [0.29, 0.717) is 19.0 Å². The van der Waals surface area contributed by atoms with Crippen LogP contribution in [0.25, 0.3) is 0 Å². The molecule has 0 amide bonds. The van der Waals surface area contributed by atoms with Crippen LogP contribution in [0.5, 0.6) is 0 Å². The molecule has 1 aliphatic rings. The van der Waals surface area contributed by atoms with E-state index in [-0.39, 0.29) is 10.7 Å². The lowest BCUT2D eigenvalue weighted by molar-refractivity contribution is 0.405. The van der Waals surface area contributed by atoms with Gasteiger partial charge in [-0.1, -0.05) is 24.9 Å². The Bertz CT molecular complexity index is 622. The van der Waals surface area contributed by atoms with Gasteiger partial charge >= 0.3 is 0 Å². The second kappa shape index (κ2) is 6.50. The van der Waals surface area contributed by atoms with Crippen molar-refractivity contribution in [2.24, 2.45) is 5.92 Å². The fraction of sp³-hybridized carbons (Fsp3) is 0.571. The molecule has 1 unspecified atom stereocenters. The third kappa shape index (κ3) is 3.49. The summed E-state index contributed by atoms with van der Waals surface area (Å²) in [4.78, 5) is -0.428. The van der Waals surface area contributed by atoms with Gasteiger partial charge in [-0.05, 0) is 37.3 Å². The Morgan fingerprint density at radius 3 is 2.76 bits per heavy atom. The summed E-state index contributed by atoms with van der Waals surface area (Å²) in [6, 6.07) is 2.35. The quantitative estimate of drug-likeness (QED) is 0.863. The molecule has 0 spiro atoms. The average molecular weight is 335 g/mol. The Hall–Kier alpha value is -0.850. The second-order valence-electron chi connectivity index (χ2n) is 5.42. The topological polar surface area (TPSA) is 63.4 Å². The van der Waals surface area contributed by atoms with Gasteiger partial charge in [-0.15, -0.1) is 0 Å². The SMILES string of the molecule is CCC1CCCN(S(=O)(=O)c2cc(N)cc(Cl)c2F)CC1. The molecule has 0 aliphatic carbocycles. The fourth-order valence-electron chi connectivity index (χ4n) is 2.70. The minimum Gasteiger partial charge on any atom is -0.399 e.